The van der Waals surface area contributed by atoms with Gasteiger partial charge in [0, 0.05) is 34.6 Å². The molecule has 0 spiro atoms. The van der Waals surface area contributed by atoms with Gasteiger partial charge in [0.15, 0.2) is 5.76 Å². The molecule has 1 atom stereocenters. The van der Waals surface area contributed by atoms with Crippen LogP contribution in [0.4, 0.5) is 0 Å². The normalized spacial score (nSPS) is 13.1. The van der Waals surface area contributed by atoms with Gasteiger partial charge in [-0.2, -0.15) is 0 Å². The van der Waals surface area contributed by atoms with Gasteiger partial charge in [0.2, 0.25) is 10.0 Å². The van der Waals surface area contributed by atoms with Gasteiger partial charge >= 0.3 is 0 Å². The molecule has 6 nitrogen and oxygen atoms in total. The topological polar surface area (TPSA) is 88.0 Å². The van der Waals surface area contributed by atoms with Crippen molar-refractivity contribution in [1.82, 2.24) is 14.9 Å². The molecule has 0 bridgehead atoms. The number of hydrogen-bond acceptors (Lipinski definition) is 4. The Kier molecular flexibility index (Phi) is 5.21. The predicted octanol–water partition coefficient (Wildman–Crippen LogP) is 4.54. The summed E-state index contributed by atoms with van der Waals surface area (Å²) in [5, 5.41) is 5.36. The summed E-state index contributed by atoms with van der Waals surface area (Å²) in [5.74, 6) is -0.0218. The van der Waals surface area contributed by atoms with E-state index >= 15 is 0 Å². The van der Waals surface area contributed by atoms with Crippen LogP contribution in [0.3, 0.4) is 0 Å². The molecule has 0 aliphatic heterocycles. The van der Waals surface area contributed by atoms with Gasteiger partial charge in [-0.1, -0.05) is 53.2 Å². The molecule has 0 saturated carbocycles. The quantitative estimate of drug-likeness (QED) is 0.471. The van der Waals surface area contributed by atoms with Gasteiger partial charge in [-0.05, 0) is 37.1 Å². The summed E-state index contributed by atoms with van der Waals surface area (Å²) in [6, 6.07) is 15.4. The number of aromatic amines is 1. The molecule has 4 aromatic rings. The molecule has 2 N–H and O–H groups in total. The third-order valence-corrected chi connectivity index (χ3v) is 7.00. The number of para-hydroxylation sites is 1. The lowest BCUT2D eigenvalue weighted by atomic mass is 9.91. The van der Waals surface area contributed by atoms with E-state index in [1.807, 2.05) is 54.7 Å². The largest absolute Gasteiger partial charge is 0.361 e. The van der Waals surface area contributed by atoms with E-state index in [2.05, 4.69) is 14.9 Å². The molecule has 0 fully saturated rings. The summed E-state index contributed by atoms with van der Waals surface area (Å²) in [6.45, 7) is 3.33. The first kappa shape index (κ1) is 19.7. The van der Waals surface area contributed by atoms with Gasteiger partial charge < -0.3 is 9.51 Å². The molecule has 4 rings (SSSR count). The number of halogens is 1. The van der Waals surface area contributed by atoms with E-state index in [4.69, 9.17) is 16.1 Å². The zero-order chi connectivity index (χ0) is 20.6. The fourth-order valence-electron chi connectivity index (χ4n) is 3.65. The number of H-pyrrole nitrogens is 1. The Morgan fingerprint density at radius 3 is 2.55 bits per heavy atom. The van der Waals surface area contributed by atoms with E-state index < -0.39 is 10.0 Å². The molecular formula is C21H20ClN3O3S. The number of aromatic nitrogens is 2. The Morgan fingerprint density at radius 1 is 1.10 bits per heavy atom. The Labute approximate surface area is 173 Å². The standard InChI is InChI=1S/C21H20ClN3O3S/c1-13-21(14(2)28-25-13)29(26,27)24-12-18(15-7-3-5-9-19(15)22)17-11-23-20-10-6-4-8-16(17)20/h3-11,18,23-24H,12H2,1-2H3/t18-/m0/s1. The Morgan fingerprint density at radius 2 is 1.83 bits per heavy atom. The summed E-state index contributed by atoms with van der Waals surface area (Å²) in [5.41, 5.74) is 3.13. The fraction of sp³-hybridized carbons (Fsp3) is 0.190. The summed E-state index contributed by atoms with van der Waals surface area (Å²) in [4.78, 5) is 3.33. The van der Waals surface area contributed by atoms with Crippen molar-refractivity contribution >= 4 is 32.5 Å². The second-order valence-electron chi connectivity index (χ2n) is 6.87. The van der Waals surface area contributed by atoms with Gasteiger partial charge in [-0.3, -0.25) is 0 Å². The minimum Gasteiger partial charge on any atom is -0.361 e. The Bertz CT molecular complexity index is 1260. The predicted molar refractivity (Wildman–Crippen MR) is 113 cm³/mol. The van der Waals surface area contributed by atoms with E-state index in [0.29, 0.717) is 10.7 Å². The first-order valence-corrected chi connectivity index (χ1v) is 11.0. The van der Waals surface area contributed by atoms with E-state index in [1.165, 1.54) is 0 Å². The van der Waals surface area contributed by atoms with E-state index in [-0.39, 0.29) is 23.1 Å². The van der Waals surface area contributed by atoms with E-state index in [0.717, 1.165) is 22.0 Å². The maximum absolute atomic E-state index is 12.9. The van der Waals surface area contributed by atoms with Crippen LogP contribution in [-0.2, 0) is 10.0 Å². The van der Waals surface area contributed by atoms with Crippen molar-refractivity contribution in [2.45, 2.75) is 24.7 Å². The average molecular weight is 430 g/mol. The van der Waals surface area contributed by atoms with Gasteiger partial charge in [0.25, 0.3) is 0 Å². The third-order valence-electron chi connectivity index (χ3n) is 4.99. The Balaban J connectivity index is 1.75. The lowest BCUT2D eigenvalue weighted by Gasteiger charge is -2.19. The lowest BCUT2D eigenvalue weighted by Crippen LogP contribution is -2.29. The number of nitrogens with one attached hydrogen (secondary N) is 2. The summed E-state index contributed by atoms with van der Waals surface area (Å²) < 4.78 is 33.6. The molecule has 0 radical (unpaired) electrons. The molecule has 0 saturated heterocycles. The SMILES string of the molecule is Cc1noc(C)c1S(=O)(=O)NC[C@@H](c1ccccc1Cl)c1c[nH]c2ccccc12. The molecule has 0 aliphatic carbocycles. The minimum atomic E-state index is -3.80. The van der Waals surface area contributed by atoms with Crippen LogP contribution >= 0.6 is 11.6 Å². The van der Waals surface area contributed by atoms with Crippen LogP contribution in [0.15, 0.2) is 64.1 Å². The summed E-state index contributed by atoms with van der Waals surface area (Å²) >= 11 is 6.47. The zero-order valence-corrected chi connectivity index (χ0v) is 17.5. The first-order valence-electron chi connectivity index (χ1n) is 9.11. The van der Waals surface area contributed by atoms with Crippen molar-refractivity contribution in [1.29, 1.82) is 0 Å². The number of sulfonamides is 1. The molecule has 0 amide bonds. The molecule has 2 aromatic carbocycles. The highest BCUT2D eigenvalue weighted by atomic mass is 35.5. The monoisotopic (exact) mass is 429 g/mol. The fourth-order valence-corrected chi connectivity index (χ4v) is 5.29. The van der Waals surface area contributed by atoms with Gasteiger partial charge in [-0.15, -0.1) is 0 Å². The molecular weight excluding hydrogens is 410 g/mol. The second kappa shape index (κ2) is 7.67. The number of fused-ring (bicyclic) bond motifs is 1. The van der Waals surface area contributed by atoms with E-state index in [1.54, 1.807) is 13.8 Å². The van der Waals surface area contributed by atoms with Crippen LogP contribution < -0.4 is 4.72 Å². The van der Waals surface area contributed by atoms with Gasteiger partial charge in [-0.25, -0.2) is 13.1 Å². The highest BCUT2D eigenvalue weighted by Crippen LogP contribution is 2.34. The summed E-state index contributed by atoms with van der Waals surface area (Å²) in [6.07, 6.45) is 1.91. The zero-order valence-electron chi connectivity index (χ0n) is 15.9. The molecule has 8 heteroatoms. The van der Waals surface area contributed by atoms with Crippen molar-refractivity contribution in [3.63, 3.8) is 0 Å². The van der Waals surface area contributed by atoms with Crippen LogP contribution in [0.1, 0.15) is 28.5 Å². The van der Waals surface area contributed by atoms with Crippen molar-refractivity contribution in [2.24, 2.45) is 0 Å². The maximum Gasteiger partial charge on any atom is 0.245 e. The van der Waals surface area contributed by atoms with Gasteiger partial charge in [0.05, 0.1) is 0 Å². The van der Waals surface area contributed by atoms with Crippen molar-refractivity contribution in [3.8, 4) is 0 Å². The highest BCUT2D eigenvalue weighted by molar-refractivity contribution is 7.89. The smallest absolute Gasteiger partial charge is 0.245 e. The number of rotatable bonds is 6. The maximum atomic E-state index is 12.9. The minimum absolute atomic E-state index is 0.0781. The second-order valence-corrected chi connectivity index (χ2v) is 8.98. The van der Waals surface area contributed by atoms with Crippen LogP contribution in [0.2, 0.25) is 5.02 Å². The number of benzene rings is 2. The van der Waals surface area contributed by atoms with Crippen LogP contribution in [0.25, 0.3) is 10.9 Å². The van der Waals surface area contributed by atoms with Crippen LogP contribution in [0, 0.1) is 13.8 Å². The van der Waals surface area contributed by atoms with Crippen molar-refractivity contribution in [3.05, 3.63) is 82.3 Å². The van der Waals surface area contributed by atoms with E-state index in [9.17, 15) is 8.42 Å². The molecule has 0 aliphatic rings. The third kappa shape index (κ3) is 3.69. The molecule has 0 unspecified atom stereocenters. The van der Waals surface area contributed by atoms with Crippen molar-refractivity contribution in [2.75, 3.05) is 6.54 Å². The Hall–Kier alpha value is -2.61. The lowest BCUT2D eigenvalue weighted by molar-refractivity contribution is 0.390. The molecule has 150 valence electrons. The highest BCUT2D eigenvalue weighted by Gasteiger charge is 2.27. The molecule has 29 heavy (non-hydrogen) atoms. The molecule has 2 aromatic heterocycles. The number of aryl methyl sites for hydroxylation is 2. The first-order chi connectivity index (χ1) is 13.9. The summed E-state index contributed by atoms with van der Waals surface area (Å²) in [7, 11) is -3.80. The average Bonchev–Trinajstić information content (AvgIpc) is 3.27. The molecule has 2 heterocycles. The van der Waals surface area contributed by atoms with Gasteiger partial charge in [0.1, 0.15) is 10.6 Å². The van der Waals surface area contributed by atoms with Crippen LogP contribution in [0.5, 0.6) is 0 Å². The number of hydrogen-bond donors (Lipinski definition) is 2. The van der Waals surface area contributed by atoms with Crippen LogP contribution in [-0.4, -0.2) is 25.1 Å². The number of nitrogens with zero attached hydrogens (tertiary/aromatic N) is 1. The van der Waals surface area contributed by atoms with Crippen molar-refractivity contribution < 1.29 is 12.9 Å².